The molecule has 25 heavy (non-hydrogen) atoms. The van der Waals surface area contributed by atoms with E-state index in [0.29, 0.717) is 11.6 Å². The summed E-state index contributed by atoms with van der Waals surface area (Å²) in [6.45, 7) is 1.58. The Bertz CT molecular complexity index is 777. The number of rotatable bonds is 5. The SMILES string of the molecule is CC(c1ccc(F)c(F)c1)N(C)CC(=O)Nc1c(F)cc(F)cc1Br. The van der Waals surface area contributed by atoms with Crippen LogP contribution in [0, 0.1) is 23.3 Å². The molecule has 134 valence electrons. The van der Waals surface area contributed by atoms with Gasteiger partial charge in [-0.25, -0.2) is 17.6 Å². The smallest absolute Gasteiger partial charge is 0.238 e. The Balaban J connectivity index is 2.06. The maximum atomic E-state index is 13.7. The van der Waals surface area contributed by atoms with Gasteiger partial charge < -0.3 is 5.32 Å². The molecule has 2 aromatic carbocycles. The normalized spacial score (nSPS) is 12.3. The van der Waals surface area contributed by atoms with Gasteiger partial charge in [0.25, 0.3) is 0 Å². The van der Waals surface area contributed by atoms with E-state index in [2.05, 4.69) is 21.2 Å². The molecular weight excluding hydrogens is 404 g/mol. The molecule has 0 bridgehead atoms. The fourth-order valence-corrected chi connectivity index (χ4v) is 2.74. The van der Waals surface area contributed by atoms with Crippen LogP contribution in [-0.4, -0.2) is 24.4 Å². The third kappa shape index (κ3) is 4.79. The molecule has 2 aromatic rings. The minimum atomic E-state index is -0.973. The van der Waals surface area contributed by atoms with E-state index >= 15 is 0 Å². The number of hydrogen-bond acceptors (Lipinski definition) is 2. The van der Waals surface area contributed by atoms with Crippen molar-refractivity contribution in [1.82, 2.24) is 4.90 Å². The molecule has 0 radical (unpaired) electrons. The first kappa shape index (κ1) is 19.4. The van der Waals surface area contributed by atoms with E-state index in [0.717, 1.165) is 18.2 Å². The van der Waals surface area contributed by atoms with Crippen LogP contribution < -0.4 is 5.32 Å². The highest BCUT2D eigenvalue weighted by Gasteiger charge is 2.18. The van der Waals surface area contributed by atoms with Gasteiger partial charge in [0.2, 0.25) is 5.91 Å². The molecule has 0 aliphatic heterocycles. The number of anilines is 1. The van der Waals surface area contributed by atoms with E-state index in [9.17, 15) is 22.4 Å². The third-order valence-electron chi connectivity index (χ3n) is 3.75. The van der Waals surface area contributed by atoms with Gasteiger partial charge in [0.1, 0.15) is 5.82 Å². The highest BCUT2D eigenvalue weighted by Crippen LogP contribution is 2.27. The van der Waals surface area contributed by atoms with E-state index in [-0.39, 0.29) is 22.7 Å². The Kier molecular flexibility index (Phi) is 6.18. The summed E-state index contributed by atoms with van der Waals surface area (Å²) in [7, 11) is 1.61. The molecule has 0 fully saturated rings. The number of nitrogens with zero attached hydrogens (tertiary/aromatic N) is 1. The Labute approximate surface area is 150 Å². The summed E-state index contributed by atoms with van der Waals surface area (Å²) in [5.41, 5.74) is 0.323. The molecule has 1 atom stereocenters. The van der Waals surface area contributed by atoms with Crippen LogP contribution in [0.2, 0.25) is 0 Å². The second kappa shape index (κ2) is 7.97. The van der Waals surface area contributed by atoms with Crippen LogP contribution in [0.1, 0.15) is 18.5 Å². The lowest BCUT2D eigenvalue weighted by atomic mass is 10.1. The van der Waals surface area contributed by atoms with E-state index in [1.807, 2.05) is 0 Å². The molecule has 3 nitrogen and oxygen atoms in total. The van der Waals surface area contributed by atoms with Crippen molar-refractivity contribution in [3.05, 3.63) is 63.6 Å². The molecule has 0 spiro atoms. The monoisotopic (exact) mass is 418 g/mol. The number of hydrogen-bond donors (Lipinski definition) is 1. The molecular formula is C17H15BrF4N2O. The van der Waals surface area contributed by atoms with Gasteiger partial charge in [-0.3, -0.25) is 9.69 Å². The van der Waals surface area contributed by atoms with Gasteiger partial charge in [-0.1, -0.05) is 6.07 Å². The fraction of sp³-hybridized carbons (Fsp3) is 0.235. The second-order valence-electron chi connectivity index (χ2n) is 5.56. The number of carbonyl (C=O) groups excluding carboxylic acids is 1. The van der Waals surface area contributed by atoms with Crippen LogP contribution >= 0.6 is 15.9 Å². The quantitative estimate of drug-likeness (QED) is 0.717. The molecule has 1 unspecified atom stereocenters. The Hall–Kier alpha value is -1.93. The topological polar surface area (TPSA) is 32.3 Å². The minimum Gasteiger partial charge on any atom is -0.322 e. The van der Waals surface area contributed by atoms with Crippen LogP contribution in [0.15, 0.2) is 34.8 Å². The number of benzene rings is 2. The predicted octanol–water partition coefficient (Wildman–Crippen LogP) is 4.64. The van der Waals surface area contributed by atoms with Gasteiger partial charge in [0.05, 0.1) is 12.2 Å². The summed E-state index contributed by atoms with van der Waals surface area (Å²) in [5.74, 6) is -4.14. The van der Waals surface area contributed by atoms with Gasteiger partial charge in [0.15, 0.2) is 17.5 Å². The number of carbonyl (C=O) groups is 1. The third-order valence-corrected chi connectivity index (χ3v) is 4.38. The van der Waals surface area contributed by atoms with Crippen molar-refractivity contribution < 1.29 is 22.4 Å². The van der Waals surface area contributed by atoms with Crippen molar-refractivity contribution in [2.24, 2.45) is 0 Å². The average molecular weight is 419 g/mol. The molecule has 0 aliphatic carbocycles. The first-order valence-electron chi connectivity index (χ1n) is 7.28. The fourth-order valence-electron chi connectivity index (χ4n) is 2.23. The maximum Gasteiger partial charge on any atom is 0.238 e. The van der Waals surface area contributed by atoms with Gasteiger partial charge in [0, 0.05) is 16.6 Å². The number of likely N-dealkylation sites (N-methyl/N-ethyl adjacent to an activating group) is 1. The van der Waals surface area contributed by atoms with Crippen LogP contribution in [0.25, 0.3) is 0 Å². The van der Waals surface area contributed by atoms with Gasteiger partial charge in [-0.05, 0) is 53.7 Å². The zero-order valence-corrected chi connectivity index (χ0v) is 15.0. The van der Waals surface area contributed by atoms with Crippen LogP contribution in [-0.2, 0) is 4.79 Å². The summed E-state index contributed by atoms with van der Waals surface area (Å²) in [4.78, 5) is 13.7. The van der Waals surface area contributed by atoms with Crippen molar-refractivity contribution >= 4 is 27.5 Å². The second-order valence-corrected chi connectivity index (χ2v) is 6.41. The van der Waals surface area contributed by atoms with Crippen molar-refractivity contribution in [1.29, 1.82) is 0 Å². The molecule has 1 amide bonds. The zero-order chi connectivity index (χ0) is 18.7. The highest BCUT2D eigenvalue weighted by molar-refractivity contribution is 9.10. The molecule has 0 aliphatic rings. The van der Waals surface area contributed by atoms with E-state index in [4.69, 9.17) is 0 Å². The molecule has 2 rings (SSSR count). The summed E-state index contributed by atoms with van der Waals surface area (Å²) in [6, 6.07) is 4.81. The first-order valence-corrected chi connectivity index (χ1v) is 8.08. The minimum absolute atomic E-state index is 0.0784. The molecule has 8 heteroatoms. The van der Waals surface area contributed by atoms with E-state index < -0.39 is 29.2 Å². The summed E-state index contributed by atoms with van der Waals surface area (Å²) >= 11 is 2.99. The van der Waals surface area contributed by atoms with Crippen molar-refractivity contribution in [3.63, 3.8) is 0 Å². The highest BCUT2D eigenvalue weighted by atomic mass is 79.9. The summed E-state index contributed by atoms with van der Waals surface area (Å²) in [5, 5.41) is 2.36. The Morgan fingerprint density at radius 2 is 1.80 bits per heavy atom. The van der Waals surface area contributed by atoms with E-state index in [1.54, 1.807) is 18.9 Å². The lowest BCUT2D eigenvalue weighted by Gasteiger charge is -2.24. The average Bonchev–Trinajstić information content (AvgIpc) is 2.52. The largest absolute Gasteiger partial charge is 0.322 e. The van der Waals surface area contributed by atoms with Gasteiger partial charge >= 0.3 is 0 Å². The zero-order valence-electron chi connectivity index (χ0n) is 13.4. The van der Waals surface area contributed by atoms with Crippen molar-refractivity contribution in [2.45, 2.75) is 13.0 Å². The Morgan fingerprint density at radius 1 is 1.12 bits per heavy atom. The molecule has 1 N–H and O–H groups in total. The lowest BCUT2D eigenvalue weighted by molar-refractivity contribution is -0.117. The molecule has 0 heterocycles. The predicted molar refractivity (Wildman–Crippen MR) is 90.1 cm³/mol. The standard InChI is InChI=1S/C17H15BrF4N2O/c1-9(10-3-4-13(20)14(21)5-10)24(2)8-16(25)23-17-12(18)6-11(19)7-15(17)22/h3-7,9H,8H2,1-2H3,(H,23,25). The molecule has 0 saturated heterocycles. The number of amides is 1. The lowest BCUT2D eigenvalue weighted by Crippen LogP contribution is -2.32. The van der Waals surface area contributed by atoms with Gasteiger partial charge in [-0.2, -0.15) is 0 Å². The van der Waals surface area contributed by atoms with Crippen LogP contribution in [0.5, 0.6) is 0 Å². The maximum absolute atomic E-state index is 13.7. The first-order chi connectivity index (χ1) is 11.7. The van der Waals surface area contributed by atoms with Crippen LogP contribution in [0.3, 0.4) is 0 Å². The Morgan fingerprint density at radius 3 is 2.40 bits per heavy atom. The number of halogens is 5. The summed E-state index contributed by atoms with van der Waals surface area (Å²) < 4.78 is 53.2. The molecule has 0 saturated carbocycles. The van der Waals surface area contributed by atoms with Gasteiger partial charge in [-0.15, -0.1) is 0 Å². The van der Waals surface area contributed by atoms with Crippen LogP contribution in [0.4, 0.5) is 23.2 Å². The summed E-state index contributed by atoms with van der Waals surface area (Å²) in [6.07, 6.45) is 0. The van der Waals surface area contributed by atoms with Crippen molar-refractivity contribution in [2.75, 3.05) is 18.9 Å². The van der Waals surface area contributed by atoms with E-state index in [1.165, 1.54) is 6.07 Å². The molecule has 0 aromatic heterocycles. The number of nitrogens with one attached hydrogen (secondary N) is 1. The van der Waals surface area contributed by atoms with Crippen molar-refractivity contribution in [3.8, 4) is 0 Å².